The number of hydrogen-bond acceptors (Lipinski definition) is 3. The van der Waals surface area contributed by atoms with Crippen LogP contribution in [0.15, 0.2) is 30.3 Å². The van der Waals surface area contributed by atoms with E-state index in [4.69, 9.17) is 9.84 Å². The number of rotatable bonds is 4. The minimum atomic E-state index is -1.04. The van der Waals surface area contributed by atoms with E-state index < -0.39 is 5.97 Å². The second-order valence-corrected chi connectivity index (χ2v) is 4.01. The van der Waals surface area contributed by atoms with Crippen molar-refractivity contribution in [3.63, 3.8) is 0 Å². The number of ether oxygens (including phenoxy) is 1. The number of nitrogens with zero attached hydrogens (tertiary/aromatic N) is 2. The maximum Gasteiger partial charge on any atom is 0.356 e. The van der Waals surface area contributed by atoms with Gasteiger partial charge in [0.2, 0.25) is 0 Å². The van der Waals surface area contributed by atoms with Crippen LogP contribution in [0.2, 0.25) is 0 Å². The molecule has 2 rings (SSSR count). The van der Waals surface area contributed by atoms with Gasteiger partial charge in [0.25, 0.3) is 0 Å². The molecule has 18 heavy (non-hydrogen) atoms. The summed E-state index contributed by atoms with van der Waals surface area (Å²) in [6.07, 6.45) is 0. The SMILES string of the molecule is COCc1cc(C(=O)O)nn1-c1ccc(C)cc1. The molecule has 0 atom stereocenters. The number of methoxy groups -OCH3 is 1. The first kappa shape index (κ1) is 12.3. The van der Waals surface area contributed by atoms with Crippen molar-refractivity contribution in [3.8, 4) is 5.69 Å². The second kappa shape index (κ2) is 5.01. The third-order valence-electron chi connectivity index (χ3n) is 2.57. The zero-order valence-corrected chi connectivity index (χ0v) is 10.3. The molecule has 0 fully saturated rings. The summed E-state index contributed by atoms with van der Waals surface area (Å²) in [7, 11) is 1.56. The maximum atomic E-state index is 10.9. The van der Waals surface area contributed by atoms with Crippen LogP contribution in [0.3, 0.4) is 0 Å². The van der Waals surface area contributed by atoms with Crippen molar-refractivity contribution in [2.45, 2.75) is 13.5 Å². The van der Waals surface area contributed by atoms with Gasteiger partial charge in [-0.2, -0.15) is 5.10 Å². The van der Waals surface area contributed by atoms with Crippen LogP contribution in [-0.4, -0.2) is 28.0 Å². The average molecular weight is 246 g/mol. The Balaban J connectivity index is 2.47. The molecular weight excluding hydrogens is 232 g/mol. The molecule has 0 saturated carbocycles. The molecule has 0 bridgehead atoms. The van der Waals surface area contributed by atoms with E-state index in [0.29, 0.717) is 12.3 Å². The van der Waals surface area contributed by atoms with Crippen LogP contribution in [0.25, 0.3) is 5.69 Å². The fourth-order valence-corrected chi connectivity index (χ4v) is 1.68. The summed E-state index contributed by atoms with van der Waals surface area (Å²) >= 11 is 0. The molecule has 2 aromatic rings. The highest BCUT2D eigenvalue weighted by atomic mass is 16.5. The van der Waals surface area contributed by atoms with E-state index >= 15 is 0 Å². The van der Waals surface area contributed by atoms with E-state index in [0.717, 1.165) is 11.3 Å². The number of aromatic nitrogens is 2. The standard InChI is InChI=1S/C13H14N2O3/c1-9-3-5-10(6-4-9)15-11(8-18-2)7-12(14-15)13(16)17/h3-7H,8H2,1-2H3,(H,16,17). The van der Waals surface area contributed by atoms with Gasteiger partial charge in [0.1, 0.15) is 0 Å². The lowest BCUT2D eigenvalue weighted by atomic mass is 10.2. The maximum absolute atomic E-state index is 10.9. The van der Waals surface area contributed by atoms with Gasteiger partial charge in [-0.1, -0.05) is 17.7 Å². The zero-order chi connectivity index (χ0) is 13.1. The number of aromatic carboxylic acids is 1. The van der Waals surface area contributed by atoms with Crippen molar-refractivity contribution < 1.29 is 14.6 Å². The Morgan fingerprint density at radius 3 is 2.61 bits per heavy atom. The Morgan fingerprint density at radius 1 is 1.39 bits per heavy atom. The topological polar surface area (TPSA) is 64.3 Å². The van der Waals surface area contributed by atoms with Gasteiger partial charge in [0, 0.05) is 7.11 Å². The third kappa shape index (κ3) is 2.41. The molecule has 1 aromatic heterocycles. The van der Waals surface area contributed by atoms with Crippen LogP contribution in [0.5, 0.6) is 0 Å². The molecule has 1 heterocycles. The number of hydrogen-bond donors (Lipinski definition) is 1. The summed E-state index contributed by atoms with van der Waals surface area (Å²) in [6.45, 7) is 2.31. The highest BCUT2D eigenvalue weighted by Gasteiger charge is 2.14. The number of carbonyl (C=O) groups is 1. The molecule has 0 saturated heterocycles. The fraction of sp³-hybridized carbons (Fsp3) is 0.231. The van der Waals surface area contributed by atoms with E-state index in [1.165, 1.54) is 6.07 Å². The molecule has 1 N–H and O–H groups in total. The molecule has 5 heteroatoms. The van der Waals surface area contributed by atoms with Gasteiger partial charge < -0.3 is 9.84 Å². The van der Waals surface area contributed by atoms with Gasteiger partial charge in [0.15, 0.2) is 5.69 Å². The lowest BCUT2D eigenvalue weighted by molar-refractivity contribution is 0.0690. The quantitative estimate of drug-likeness (QED) is 0.896. The molecule has 0 spiro atoms. The molecule has 0 unspecified atom stereocenters. The fourth-order valence-electron chi connectivity index (χ4n) is 1.68. The summed E-state index contributed by atoms with van der Waals surface area (Å²) in [5.74, 6) is -1.04. The first-order valence-electron chi connectivity index (χ1n) is 5.50. The zero-order valence-electron chi connectivity index (χ0n) is 10.3. The lowest BCUT2D eigenvalue weighted by Crippen LogP contribution is -2.04. The van der Waals surface area contributed by atoms with Crippen LogP contribution in [0, 0.1) is 6.92 Å². The van der Waals surface area contributed by atoms with Crippen molar-refractivity contribution in [2.24, 2.45) is 0 Å². The molecule has 0 aliphatic rings. The Hall–Kier alpha value is -2.14. The summed E-state index contributed by atoms with van der Waals surface area (Å²) in [4.78, 5) is 10.9. The highest BCUT2D eigenvalue weighted by Crippen LogP contribution is 2.14. The van der Waals surface area contributed by atoms with Crippen molar-refractivity contribution in [3.05, 3.63) is 47.3 Å². The monoisotopic (exact) mass is 246 g/mol. The molecule has 0 radical (unpaired) electrons. The molecule has 94 valence electrons. The third-order valence-corrected chi connectivity index (χ3v) is 2.57. The summed E-state index contributed by atoms with van der Waals surface area (Å²) in [6, 6.07) is 9.22. The molecule has 0 amide bonds. The minimum absolute atomic E-state index is 0.0163. The Bertz CT molecular complexity index is 558. The number of carboxylic acid groups (broad SMARTS) is 1. The first-order chi connectivity index (χ1) is 8.61. The van der Waals surface area contributed by atoms with Crippen LogP contribution in [0.4, 0.5) is 0 Å². The molecule has 1 aromatic carbocycles. The number of carboxylic acids is 1. The summed E-state index contributed by atoms with van der Waals surface area (Å²) in [5.41, 5.74) is 2.68. The van der Waals surface area contributed by atoms with Crippen LogP contribution in [0.1, 0.15) is 21.7 Å². The second-order valence-electron chi connectivity index (χ2n) is 4.01. The lowest BCUT2D eigenvalue weighted by Gasteiger charge is -2.06. The first-order valence-corrected chi connectivity index (χ1v) is 5.50. The summed E-state index contributed by atoms with van der Waals surface area (Å²) < 4.78 is 6.64. The molecule has 0 aliphatic heterocycles. The Labute approximate surface area is 105 Å². The van der Waals surface area contributed by atoms with Crippen LogP contribution in [-0.2, 0) is 11.3 Å². The highest BCUT2D eigenvalue weighted by molar-refractivity contribution is 5.85. The predicted octanol–water partition coefficient (Wildman–Crippen LogP) is 2.03. The van der Waals surface area contributed by atoms with Crippen LogP contribution < -0.4 is 0 Å². The van der Waals surface area contributed by atoms with Gasteiger partial charge >= 0.3 is 5.97 Å². The Kier molecular flexibility index (Phi) is 3.43. The van der Waals surface area contributed by atoms with Gasteiger partial charge in [-0.25, -0.2) is 9.48 Å². The van der Waals surface area contributed by atoms with Gasteiger partial charge in [-0.05, 0) is 25.1 Å². The smallest absolute Gasteiger partial charge is 0.356 e. The van der Waals surface area contributed by atoms with Crippen molar-refractivity contribution in [2.75, 3.05) is 7.11 Å². The van der Waals surface area contributed by atoms with Crippen molar-refractivity contribution in [1.82, 2.24) is 9.78 Å². The average Bonchev–Trinajstić information content (AvgIpc) is 2.75. The van der Waals surface area contributed by atoms with Gasteiger partial charge in [-0.15, -0.1) is 0 Å². The Morgan fingerprint density at radius 2 is 2.06 bits per heavy atom. The van der Waals surface area contributed by atoms with E-state index in [1.54, 1.807) is 11.8 Å². The molecule has 0 aliphatic carbocycles. The number of aryl methyl sites for hydroxylation is 1. The van der Waals surface area contributed by atoms with E-state index in [2.05, 4.69) is 5.10 Å². The normalized spacial score (nSPS) is 10.6. The van der Waals surface area contributed by atoms with Crippen molar-refractivity contribution in [1.29, 1.82) is 0 Å². The van der Waals surface area contributed by atoms with Gasteiger partial charge in [-0.3, -0.25) is 0 Å². The number of benzene rings is 1. The molecule has 5 nitrogen and oxygen atoms in total. The van der Waals surface area contributed by atoms with Crippen molar-refractivity contribution >= 4 is 5.97 Å². The van der Waals surface area contributed by atoms with E-state index in [9.17, 15) is 4.79 Å². The van der Waals surface area contributed by atoms with E-state index in [-0.39, 0.29) is 5.69 Å². The van der Waals surface area contributed by atoms with Gasteiger partial charge in [0.05, 0.1) is 18.0 Å². The van der Waals surface area contributed by atoms with Crippen LogP contribution >= 0.6 is 0 Å². The predicted molar refractivity (Wildman–Crippen MR) is 66.0 cm³/mol. The summed E-state index contributed by atoms with van der Waals surface area (Å²) in [5, 5.41) is 13.0. The van der Waals surface area contributed by atoms with E-state index in [1.807, 2.05) is 31.2 Å². The largest absolute Gasteiger partial charge is 0.476 e. The molecular formula is C13H14N2O3. The minimum Gasteiger partial charge on any atom is -0.476 e.